The molecule has 0 aliphatic rings. The van der Waals surface area contributed by atoms with Gasteiger partial charge in [-0.2, -0.15) is 0 Å². The van der Waals surface area contributed by atoms with E-state index in [0.29, 0.717) is 6.54 Å². The summed E-state index contributed by atoms with van der Waals surface area (Å²) in [6.07, 6.45) is 4.45. The van der Waals surface area contributed by atoms with Crippen molar-refractivity contribution in [2.75, 3.05) is 6.54 Å². The number of nitrogens with one attached hydrogen (secondary N) is 1. The van der Waals surface area contributed by atoms with Crippen LogP contribution >= 0.6 is 15.9 Å². The predicted molar refractivity (Wildman–Crippen MR) is 66.4 cm³/mol. The first-order valence-corrected chi connectivity index (χ1v) is 5.75. The fraction of sp³-hybridized carbons (Fsp3) is 0.250. The van der Waals surface area contributed by atoms with Gasteiger partial charge in [0.1, 0.15) is 5.82 Å². The first-order valence-electron chi connectivity index (χ1n) is 4.95. The third kappa shape index (κ3) is 4.57. The van der Waals surface area contributed by atoms with Crippen molar-refractivity contribution in [3.8, 4) is 0 Å². The summed E-state index contributed by atoms with van der Waals surface area (Å²) in [5, 5.41) is 2.68. The third-order valence-corrected chi connectivity index (χ3v) is 2.66. The Morgan fingerprint density at radius 1 is 1.56 bits per heavy atom. The zero-order valence-electron chi connectivity index (χ0n) is 8.97. The van der Waals surface area contributed by atoms with Crippen molar-refractivity contribution >= 4 is 27.9 Å². The van der Waals surface area contributed by atoms with Gasteiger partial charge in [-0.15, -0.1) is 0 Å². The molecule has 0 aromatic heterocycles. The van der Waals surface area contributed by atoms with E-state index >= 15 is 0 Å². The van der Waals surface area contributed by atoms with E-state index in [-0.39, 0.29) is 11.7 Å². The maximum atomic E-state index is 12.9. The number of hydrogen-bond donors (Lipinski definition) is 1. The molecule has 0 bridgehead atoms. The lowest BCUT2D eigenvalue weighted by molar-refractivity contribution is -0.118. The van der Waals surface area contributed by atoms with Crippen LogP contribution in [0.25, 0.3) is 6.08 Å². The van der Waals surface area contributed by atoms with E-state index < -0.39 is 0 Å². The number of carbonyl (C=O) groups excluding carboxylic acids is 1. The quantitative estimate of drug-likeness (QED) is 0.846. The summed E-state index contributed by atoms with van der Waals surface area (Å²) in [5.74, 6) is -0.301. The Bertz CT molecular complexity index is 404. The smallest absolute Gasteiger partial charge is 0.216 e. The van der Waals surface area contributed by atoms with Gasteiger partial charge in [0.25, 0.3) is 0 Å². The Hall–Kier alpha value is -1.16. The molecule has 0 saturated carbocycles. The van der Waals surface area contributed by atoms with Crippen molar-refractivity contribution in [1.82, 2.24) is 5.32 Å². The summed E-state index contributed by atoms with van der Waals surface area (Å²) < 4.78 is 13.8. The zero-order valence-corrected chi connectivity index (χ0v) is 10.6. The molecule has 0 spiro atoms. The summed E-state index contributed by atoms with van der Waals surface area (Å²) in [6.45, 7) is 2.08. The maximum Gasteiger partial charge on any atom is 0.216 e. The molecule has 0 heterocycles. The highest BCUT2D eigenvalue weighted by atomic mass is 79.9. The van der Waals surface area contributed by atoms with Gasteiger partial charge in [-0.3, -0.25) is 4.79 Å². The van der Waals surface area contributed by atoms with Crippen molar-refractivity contribution in [2.45, 2.75) is 13.3 Å². The second-order valence-corrected chi connectivity index (χ2v) is 4.19. The van der Waals surface area contributed by atoms with E-state index in [0.717, 1.165) is 16.5 Å². The van der Waals surface area contributed by atoms with Gasteiger partial charge in [0.15, 0.2) is 0 Å². The molecule has 2 nitrogen and oxygen atoms in total. The molecule has 0 aliphatic heterocycles. The Balaban J connectivity index is 2.49. The molecule has 1 aromatic carbocycles. The van der Waals surface area contributed by atoms with E-state index in [9.17, 15) is 9.18 Å². The third-order valence-electron chi connectivity index (χ3n) is 1.94. The van der Waals surface area contributed by atoms with Gasteiger partial charge < -0.3 is 5.32 Å². The standard InChI is InChI=1S/C12H13BrFNO/c1-9(16)15-7-3-2-4-10-8-11(14)5-6-12(10)13/h2,4-6,8H,3,7H2,1H3,(H,15,16). The molecule has 1 N–H and O–H groups in total. The average molecular weight is 286 g/mol. The molecule has 0 radical (unpaired) electrons. The average Bonchev–Trinajstić information content (AvgIpc) is 2.22. The Morgan fingerprint density at radius 2 is 2.31 bits per heavy atom. The highest BCUT2D eigenvalue weighted by Crippen LogP contribution is 2.19. The number of amides is 1. The van der Waals surface area contributed by atoms with Gasteiger partial charge in [-0.25, -0.2) is 4.39 Å². The molecule has 86 valence electrons. The molecule has 0 aliphatic carbocycles. The molecular weight excluding hydrogens is 273 g/mol. The molecule has 0 atom stereocenters. The molecule has 4 heteroatoms. The van der Waals surface area contributed by atoms with Crippen molar-refractivity contribution < 1.29 is 9.18 Å². The summed E-state index contributed by atoms with van der Waals surface area (Å²) >= 11 is 3.34. The van der Waals surface area contributed by atoms with Gasteiger partial charge >= 0.3 is 0 Å². The van der Waals surface area contributed by atoms with Crippen LogP contribution in [-0.2, 0) is 4.79 Å². The number of halogens is 2. The molecule has 0 fully saturated rings. The Morgan fingerprint density at radius 3 is 3.00 bits per heavy atom. The van der Waals surface area contributed by atoms with E-state index in [1.165, 1.54) is 19.1 Å². The maximum absolute atomic E-state index is 12.9. The zero-order chi connectivity index (χ0) is 12.0. The first kappa shape index (κ1) is 12.9. The van der Waals surface area contributed by atoms with E-state index in [1.807, 2.05) is 12.2 Å². The van der Waals surface area contributed by atoms with Gasteiger partial charge in [-0.1, -0.05) is 28.1 Å². The van der Waals surface area contributed by atoms with E-state index in [2.05, 4.69) is 21.2 Å². The lowest BCUT2D eigenvalue weighted by Gasteiger charge is -1.99. The van der Waals surface area contributed by atoms with E-state index in [4.69, 9.17) is 0 Å². The summed E-state index contributed by atoms with van der Waals surface area (Å²) in [7, 11) is 0. The molecule has 0 saturated heterocycles. The van der Waals surface area contributed by atoms with E-state index in [1.54, 1.807) is 6.07 Å². The summed E-state index contributed by atoms with van der Waals surface area (Å²) in [5.41, 5.74) is 0.794. The highest BCUT2D eigenvalue weighted by molar-refractivity contribution is 9.10. The predicted octanol–water partition coefficient (Wildman–Crippen LogP) is 3.13. The minimum atomic E-state index is -0.260. The van der Waals surface area contributed by atoms with Crippen molar-refractivity contribution in [3.63, 3.8) is 0 Å². The largest absolute Gasteiger partial charge is 0.356 e. The molecular formula is C12H13BrFNO. The normalized spacial score (nSPS) is 10.7. The Kier molecular flexibility index (Phi) is 5.19. The fourth-order valence-corrected chi connectivity index (χ4v) is 1.56. The lowest BCUT2D eigenvalue weighted by Crippen LogP contribution is -2.20. The highest BCUT2D eigenvalue weighted by Gasteiger charge is 1.97. The molecule has 1 rings (SSSR count). The first-order chi connectivity index (χ1) is 7.59. The van der Waals surface area contributed by atoms with Crippen LogP contribution in [0.5, 0.6) is 0 Å². The minimum absolute atomic E-state index is 0.0414. The monoisotopic (exact) mass is 285 g/mol. The SMILES string of the molecule is CC(=O)NCCC=Cc1cc(F)ccc1Br. The van der Waals surface area contributed by atoms with Crippen LogP contribution in [0.1, 0.15) is 18.9 Å². The van der Waals surface area contributed by atoms with Crippen LogP contribution in [0.2, 0.25) is 0 Å². The van der Waals surface area contributed by atoms with Crippen LogP contribution < -0.4 is 5.32 Å². The summed E-state index contributed by atoms with van der Waals surface area (Å²) in [4.78, 5) is 10.6. The minimum Gasteiger partial charge on any atom is -0.356 e. The van der Waals surface area contributed by atoms with Crippen LogP contribution in [0.3, 0.4) is 0 Å². The van der Waals surface area contributed by atoms with Crippen molar-refractivity contribution in [1.29, 1.82) is 0 Å². The van der Waals surface area contributed by atoms with Crippen LogP contribution in [-0.4, -0.2) is 12.5 Å². The number of carbonyl (C=O) groups is 1. The van der Waals surface area contributed by atoms with Crippen LogP contribution in [0.15, 0.2) is 28.7 Å². The number of rotatable bonds is 4. The van der Waals surface area contributed by atoms with Gasteiger partial charge in [0.05, 0.1) is 0 Å². The second-order valence-electron chi connectivity index (χ2n) is 3.34. The Labute approximate surface area is 103 Å². The molecule has 0 unspecified atom stereocenters. The number of benzene rings is 1. The van der Waals surface area contributed by atoms with Crippen molar-refractivity contribution in [3.05, 3.63) is 40.1 Å². The molecule has 1 amide bonds. The van der Waals surface area contributed by atoms with Gasteiger partial charge in [0.2, 0.25) is 5.91 Å². The van der Waals surface area contributed by atoms with Crippen molar-refractivity contribution in [2.24, 2.45) is 0 Å². The lowest BCUT2D eigenvalue weighted by atomic mass is 10.2. The summed E-state index contributed by atoms with van der Waals surface area (Å²) in [6, 6.07) is 4.53. The second kappa shape index (κ2) is 6.43. The van der Waals surface area contributed by atoms with Gasteiger partial charge in [0, 0.05) is 17.9 Å². The number of hydrogen-bond acceptors (Lipinski definition) is 1. The molecule has 16 heavy (non-hydrogen) atoms. The van der Waals surface area contributed by atoms with Crippen LogP contribution in [0, 0.1) is 5.82 Å². The molecule has 1 aromatic rings. The topological polar surface area (TPSA) is 29.1 Å². The fourth-order valence-electron chi connectivity index (χ4n) is 1.18. The van der Waals surface area contributed by atoms with Crippen LogP contribution in [0.4, 0.5) is 4.39 Å². The van der Waals surface area contributed by atoms with Gasteiger partial charge in [-0.05, 0) is 30.2 Å².